The number of thiophene rings is 1. The molecule has 0 saturated carbocycles. The zero-order valence-corrected chi connectivity index (χ0v) is 16.9. The van der Waals surface area contributed by atoms with Gasteiger partial charge < -0.3 is 15.0 Å². The molecule has 2 amide bonds. The number of ether oxygens (including phenoxy) is 1. The zero-order chi connectivity index (χ0) is 20.9. The highest BCUT2D eigenvalue weighted by Crippen LogP contribution is 2.24. The first kappa shape index (κ1) is 21.0. The second kappa shape index (κ2) is 9.16. The van der Waals surface area contributed by atoms with Crippen molar-refractivity contribution < 1.29 is 27.5 Å². The number of anilines is 2. The number of sulfonamides is 1. The number of hydrogen-bond acceptors (Lipinski definition) is 7. The highest BCUT2D eigenvalue weighted by Gasteiger charge is 2.22. The maximum Gasteiger partial charge on any atom is 0.321 e. The number of nitrogens with zero attached hydrogens (tertiary/aromatic N) is 1. The van der Waals surface area contributed by atoms with Gasteiger partial charge in [0.25, 0.3) is 15.9 Å². The molecule has 1 aliphatic heterocycles. The Labute approximate surface area is 171 Å². The molecule has 1 aliphatic rings. The zero-order valence-electron chi connectivity index (χ0n) is 15.3. The van der Waals surface area contributed by atoms with Crippen LogP contribution in [0.5, 0.6) is 0 Å². The lowest BCUT2D eigenvalue weighted by Gasteiger charge is -2.16. The Bertz CT molecular complexity index is 1000. The highest BCUT2D eigenvalue weighted by molar-refractivity contribution is 7.91. The van der Waals surface area contributed by atoms with Crippen LogP contribution in [0.3, 0.4) is 0 Å². The average Bonchev–Trinajstić information content (AvgIpc) is 3.37. The molecule has 3 rings (SSSR count). The maximum absolute atomic E-state index is 12.0. The van der Waals surface area contributed by atoms with Gasteiger partial charge in [-0.05, 0) is 36.1 Å². The maximum atomic E-state index is 12.0. The number of carbonyl (C=O) groups is 3. The van der Waals surface area contributed by atoms with Crippen molar-refractivity contribution in [3.05, 3.63) is 41.8 Å². The Morgan fingerprint density at radius 3 is 2.72 bits per heavy atom. The van der Waals surface area contributed by atoms with Gasteiger partial charge in [0.05, 0.1) is 0 Å². The molecule has 0 radical (unpaired) electrons. The molecule has 2 N–H and O–H groups in total. The van der Waals surface area contributed by atoms with Crippen LogP contribution in [0.15, 0.2) is 46.0 Å². The van der Waals surface area contributed by atoms with E-state index in [4.69, 9.17) is 4.74 Å². The predicted octanol–water partition coefficient (Wildman–Crippen LogP) is 1.34. The molecule has 2 aromatic rings. The van der Waals surface area contributed by atoms with Gasteiger partial charge in [-0.15, -0.1) is 11.3 Å². The number of rotatable bonds is 8. The van der Waals surface area contributed by atoms with E-state index in [-0.39, 0.29) is 10.1 Å². The predicted molar refractivity (Wildman–Crippen MR) is 107 cm³/mol. The van der Waals surface area contributed by atoms with Crippen LogP contribution in [0.4, 0.5) is 11.4 Å². The minimum absolute atomic E-state index is 0.0346. The second-order valence-corrected chi connectivity index (χ2v) is 9.11. The molecule has 1 aromatic carbocycles. The molecule has 11 heteroatoms. The third kappa shape index (κ3) is 5.62. The van der Waals surface area contributed by atoms with Crippen LogP contribution in [0.25, 0.3) is 0 Å². The van der Waals surface area contributed by atoms with Gasteiger partial charge in [-0.3, -0.25) is 14.4 Å². The van der Waals surface area contributed by atoms with Crippen LogP contribution in [0.2, 0.25) is 0 Å². The summed E-state index contributed by atoms with van der Waals surface area (Å²) < 4.78 is 30.8. The van der Waals surface area contributed by atoms with Crippen molar-refractivity contribution in [3.8, 4) is 0 Å². The van der Waals surface area contributed by atoms with Gasteiger partial charge in [-0.25, -0.2) is 8.42 Å². The fourth-order valence-corrected chi connectivity index (χ4v) is 4.71. The van der Waals surface area contributed by atoms with Crippen molar-refractivity contribution in [3.63, 3.8) is 0 Å². The van der Waals surface area contributed by atoms with Gasteiger partial charge in [-0.1, -0.05) is 12.1 Å². The molecule has 154 valence electrons. The number of nitrogens with one attached hydrogen (secondary N) is 2. The first-order valence-electron chi connectivity index (χ1n) is 8.74. The summed E-state index contributed by atoms with van der Waals surface area (Å²) in [5, 5.41) is 4.18. The van der Waals surface area contributed by atoms with E-state index in [0.29, 0.717) is 24.3 Å². The van der Waals surface area contributed by atoms with Gasteiger partial charge in [0.2, 0.25) is 5.91 Å². The molecule has 0 aliphatic carbocycles. The number of carbonyl (C=O) groups excluding carboxylic acids is 3. The minimum atomic E-state index is -3.78. The smallest absolute Gasteiger partial charge is 0.321 e. The number of amides is 2. The minimum Gasteiger partial charge on any atom is -0.455 e. The Morgan fingerprint density at radius 1 is 1.21 bits per heavy atom. The van der Waals surface area contributed by atoms with Crippen LogP contribution >= 0.6 is 11.3 Å². The lowest BCUT2D eigenvalue weighted by atomic mass is 10.2. The largest absolute Gasteiger partial charge is 0.455 e. The van der Waals surface area contributed by atoms with Crippen molar-refractivity contribution in [1.29, 1.82) is 0 Å². The summed E-state index contributed by atoms with van der Waals surface area (Å²) in [4.78, 5) is 37.2. The molecular weight excluding hydrogens is 418 g/mol. The van der Waals surface area contributed by atoms with E-state index in [2.05, 4.69) is 10.0 Å². The summed E-state index contributed by atoms with van der Waals surface area (Å²) in [6.45, 7) is -0.512. The molecular formula is C18H19N3O6S2. The molecule has 0 bridgehead atoms. The van der Waals surface area contributed by atoms with Gasteiger partial charge in [0.15, 0.2) is 6.61 Å². The molecule has 29 heavy (non-hydrogen) atoms. The van der Waals surface area contributed by atoms with E-state index >= 15 is 0 Å². The van der Waals surface area contributed by atoms with Crippen LogP contribution < -0.4 is 14.9 Å². The summed E-state index contributed by atoms with van der Waals surface area (Å²) >= 11 is 1.02. The number of benzene rings is 1. The molecule has 0 atom stereocenters. The Morgan fingerprint density at radius 2 is 2.03 bits per heavy atom. The van der Waals surface area contributed by atoms with Crippen LogP contribution in [0, 0.1) is 0 Å². The molecule has 0 unspecified atom stereocenters. The van der Waals surface area contributed by atoms with E-state index in [1.165, 1.54) is 6.07 Å². The summed E-state index contributed by atoms with van der Waals surface area (Å²) in [5.74, 6) is -1.42. The molecule has 2 heterocycles. The lowest BCUT2D eigenvalue weighted by molar-refractivity contribution is -0.146. The van der Waals surface area contributed by atoms with E-state index in [1.807, 2.05) is 0 Å². The lowest BCUT2D eigenvalue weighted by Crippen LogP contribution is -2.32. The summed E-state index contributed by atoms with van der Waals surface area (Å²) in [6.07, 6.45) is 1.30. The monoisotopic (exact) mass is 437 g/mol. The van der Waals surface area contributed by atoms with E-state index in [9.17, 15) is 22.8 Å². The SMILES string of the molecule is O=C(COC(=O)CNS(=O)(=O)c1cccs1)Nc1cccc(N2CCCC2=O)c1. The van der Waals surface area contributed by atoms with E-state index in [1.54, 1.807) is 40.6 Å². The van der Waals surface area contributed by atoms with E-state index < -0.39 is 35.1 Å². The number of esters is 1. The molecule has 1 fully saturated rings. The standard InChI is InChI=1S/C18H19N3O6S2/c22-15(12-27-17(24)11-19-29(25,26)18-7-3-9-28-18)20-13-4-1-5-14(10-13)21-8-2-6-16(21)23/h1,3-5,7,9-10,19H,2,6,8,11-12H2,(H,20,22). The van der Waals surface area contributed by atoms with Gasteiger partial charge in [-0.2, -0.15) is 4.72 Å². The Kier molecular flexibility index (Phi) is 6.62. The Balaban J connectivity index is 1.46. The fourth-order valence-electron chi connectivity index (χ4n) is 2.71. The van der Waals surface area contributed by atoms with Crippen molar-refractivity contribution in [1.82, 2.24) is 4.72 Å². The van der Waals surface area contributed by atoms with Gasteiger partial charge >= 0.3 is 5.97 Å². The summed E-state index contributed by atoms with van der Waals surface area (Å²) in [6, 6.07) is 9.80. The molecule has 1 saturated heterocycles. The topological polar surface area (TPSA) is 122 Å². The van der Waals surface area contributed by atoms with Gasteiger partial charge in [0.1, 0.15) is 10.8 Å². The second-order valence-electron chi connectivity index (χ2n) is 6.16. The first-order valence-corrected chi connectivity index (χ1v) is 11.1. The van der Waals surface area contributed by atoms with Gasteiger partial charge in [0, 0.05) is 24.3 Å². The third-order valence-corrected chi connectivity index (χ3v) is 6.84. The van der Waals surface area contributed by atoms with Crippen LogP contribution in [-0.2, 0) is 29.1 Å². The van der Waals surface area contributed by atoms with E-state index in [0.717, 1.165) is 17.8 Å². The van der Waals surface area contributed by atoms with Crippen molar-refractivity contribution in [2.24, 2.45) is 0 Å². The fraction of sp³-hybridized carbons (Fsp3) is 0.278. The summed E-state index contributed by atoms with van der Waals surface area (Å²) in [5.41, 5.74) is 1.15. The van der Waals surface area contributed by atoms with Crippen molar-refractivity contribution in [2.75, 3.05) is 29.9 Å². The molecule has 9 nitrogen and oxygen atoms in total. The first-order chi connectivity index (χ1) is 13.8. The van der Waals surface area contributed by atoms with Crippen LogP contribution in [0.1, 0.15) is 12.8 Å². The van der Waals surface area contributed by atoms with Crippen LogP contribution in [-0.4, -0.2) is 45.9 Å². The average molecular weight is 437 g/mol. The highest BCUT2D eigenvalue weighted by atomic mass is 32.2. The summed E-state index contributed by atoms with van der Waals surface area (Å²) in [7, 11) is -3.78. The Hall–Kier alpha value is -2.76. The third-order valence-electron chi connectivity index (χ3n) is 4.05. The molecule has 1 aromatic heterocycles. The number of hydrogen-bond donors (Lipinski definition) is 2. The van der Waals surface area contributed by atoms with Crippen molar-refractivity contribution in [2.45, 2.75) is 17.1 Å². The van der Waals surface area contributed by atoms with Crippen molar-refractivity contribution >= 4 is 50.5 Å². The quantitative estimate of drug-likeness (QED) is 0.601. The normalized spacial score (nSPS) is 14.1. The molecule has 0 spiro atoms.